The highest BCUT2D eigenvalue weighted by atomic mass is 16.2. The molecule has 0 aromatic heterocycles. The largest absolute Gasteiger partial charge is 0.356 e. The Kier molecular flexibility index (Phi) is 34.3. The molecule has 0 saturated carbocycles. The van der Waals surface area contributed by atoms with Crippen molar-refractivity contribution in [3.63, 3.8) is 0 Å². The smallest absolute Gasteiger partial charge is 0.225 e. The van der Waals surface area contributed by atoms with Gasteiger partial charge in [0.25, 0.3) is 0 Å². The molecule has 8 nitrogen and oxygen atoms in total. The molecule has 0 rings (SSSR count). The van der Waals surface area contributed by atoms with Crippen LogP contribution in [0.3, 0.4) is 0 Å². The van der Waals surface area contributed by atoms with Crippen LogP contribution >= 0.6 is 0 Å². The van der Waals surface area contributed by atoms with Crippen LogP contribution in [0.5, 0.6) is 0 Å². The standard InChI is InChI=1S/C8H17NO.2C6H13NO.C6H12O.C5H10O/c1-5-9(6-2)8(10)7(3)4;1-5(2)6(8)7(3)4;1-4-7-6(8)5(2)3;1-4-6(7)5(2)3;1-4(2)5(3)6/h7H,5-6H2,1-4H3;5H,1-4H3;5H,4H2,1-3H3,(H,7,8);5H,4H2,1-3H3;4H,1-3H3. The summed E-state index contributed by atoms with van der Waals surface area (Å²) in [7, 11) is 3.53. The van der Waals surface area contributed by atoms with Crippen molar-refractivity contribution < 1.29 is 24.0 Å². The number of ketones is 2. The van der Waals surface area contributed by atoms with Crippen LogP contribution in [-0.4, -0.2) is 72.8 Å². The molecule has 1 N–H and O–H groups in total. The maximum atomic E-state index is 11.2. The third-order valence-corrected chi connectivity index (χ3v) is 5.18. The second-order valence-electron chi connectivity index (χ2n) is 10.8. The van der Waals surface area contributed by atoms with Crippen LogP contribution in [0.1, 0.15) is 110 Å². The van der Waals surface area contributed by atoms with Gasteiger partial charge in [0, 0.05) is 69.7 Å². The van der Waals surface area contributed by atoms with Crippen LogP contribution in [0.4, 0.5) is 0 Å². The SMILES string of the molecule is CC(=O)C(C)C.CC(C)C(=O)N(C)C.CCC(=O)C(C)C.CCN(CC)C(=O)C(C)C.CCNC(=O)C(C)C. The second kappa shape index (κ2) is 28.8. The van der Waals surface area contributed by atoms with E-state index < -0.39 is 0 Å². The first-order valence-electron chi connectivity index (χ1n) is 14.5. The summed E-state index contributed by atoms with van der Waals surface area (Å²) < 4.78 is 0. The predicted octanol–water partition coefficient (Wildman–Crippen LogP) is 5.87. The Hall–Kier alpha value is -2.25. The first-order valence-corrected chi connectivity index (χ1v) is 14.5. The topological polar surface area (TPSA) is 104 Å². The molecule has 0 fully saturated rings. The summed E-state index contributed by atoms with van der Waals surface area (Å²) in [6.07, 6.45) is 0.678. The Morgan fingerprint density at radius 2 is 0.949 bits per heavy atom. The molecule has 0 aromatic carbocycles. The Labute approximate surface area is 242 Å². The number of amides is 3. The molecule has 0 radical (unpaired) electrons. The second-order valence-corrected chi connectivity index (χ2v) is 10.8. The molecule has 3 amide bonds. The van der Waals surface area contributed by atoms with Crippen LogP contribution in [0.15, 0.2) is 0 Å². The van der Waals surface area contributed by atoms with Crippen LogP contribution in [0.2, 0.25) is 0 Å². The fourth-order valence-electron chi connectivity index (χ4n) is 2.20. The van der Waals surface area contributed by atoms with Crippen molar-refractivity contribution in [3.8, 4) is 0 Å². The van der Waals surface area contributed by atoms with Gasteiger partial charge in [0.1, 0.15) is 11.6 Å². The maximum absolute atomic E-state index is 11.2. The Balaban J connectivity index is -0.000000125. The third-order valence-electron chi connectivity index (χ3n) is 5.18. The number of nitrogens with one attached hydrogen (secondary N) is 1. The van der Waals surface area contributed by atoms with Crippen molar-refractivity contribution in [1.29, 1.82) is 0 Å². The number of hydrogen-bond acceptors (Lipinski definition) is 5. The molecule has 39 heavy (non-hydrogen) atoms. The van der Waals surface area contributed by atoms with E-state index in [9.17, 15) is 24.0 Å². The summed E-state index contributed by atoms with van der Waals surface area (Å²) in [5.74, 6) is 2.01. The molecule has 0 aliphatic rings. The highest BCUT2D eigenvalue weighted by Crippen LogP contribution is 1.99. The molecule has 0 aromatic rings. The Bertz CT molecular complexity index is 641. The minimum absolute atomic E-state index is 0.120. The monoisotopic (exact) mass is 559 g/mol. The number of carbonyl (C=O) groups is 5. The fraction of sp³-hybridized carbons (Fsp3) is 0.839. The van der Waals surface area contributed by atoms with Gasteiger partial charge in [-0.2, -0.15) is 0 Å². The number of carbonyl (C=O) groups excluding carboxylic acids is 5. The van der Waals surface area contributed by atoms with E-state index in [2.05, 4.69) is 5.32 Å². The zero-order valence-electron chi connectivity index (χ0n) is 28.7. The van der Waals surface area contributed by atoms with Crippen LogP contribution in [0, 0.1) is 29.6 Å². The molecule has 0 saturated heterocycles. The lowest BCUT2D eigenvalue weighted by Gasteiger charge is -2.20. The van der Waals surface area contributed by atoms with Gasteiger partial charge in [-0.05, 0) is 27.7 Å². The minimum atomic E-state index is 0.120. The summed E-state index contributed by atoms with van der Waals surface area (Å²) >= 11 is 0. The maximum Gasteiger partial charge on any atom is 0.225 e. The van der Waals surface area contributed by atoms with Gasteiger partial charge in [0.15, 0.2) is 0 Å². The zero-order valence-corrected chi connectivity index (χ0v) is 28.7. The van der Waals surface area contributed by atoms with Gasteiger partial charge in [0.2, 0.25) is 17.7 Å². The van der Waals surface area contributed by atoms with Crippen molar-refractivity contribution in [3.05, 3.63) is 0 Å². The zero-order chi connectivity index (χ0) is 32.5. The first kappa shape index (κ1) is 46.6. The number of Topliss-reactive ketones (excluding diaryl/α,β-unsaturated/α-hetero) is 2. The van der Waals surface area contributed by atoms with E-state index in [1.807, 2.05) is 102 Å². The third kappa shape index (κ3) is 33.7. The Morgan fingerprint density at radius 1 is 0.590 bits per heavy atom. The molecule has 0 bridgehead atoms. The molecule has 0 heterocycles. The van der Waals surface area contributed by atoms with Crippen molar-refractivity contribution in [1.82, 2.24) is 15.1 Å². The van der Waals surface area contributed by atoms with Gasteiger partial charge >= 0.3 is 0 Å². The normalized spacial score (nSPS) is 9.69. The highest BCUT2D eigenvalue weighted by Gasteiger charge is 2.12. The van der Waals surface area contributed by atoms with Crippen molar-refractivity contribution in [2.24, 2.45) is 29.6 Å². The van der Waals surface area contributed by atoms with Gasteiger partial charge in [-0.15, -0.1) is 0 Å². The lowest BCUT2D eigenvalue weighted by molar-refractivity contribution is -0.134. The van der Waals surface area contributed by atoms with E-state index in [0.717, 1.165) is 19.6 Å². The summed E-state index contributed by atoms with van der Waals surface area (Å²) in [6.45, 7) is 30.8. The van der Waals surface area contributed by atoms with Gasteiger partial charge in [-0.1, -0.05) is 76.2 Å². The van der Waals surface area contributed by atoms with E-state index >= 15 is 0 Å². The lowest BCUT2D eigenvalue weighted by atomic mass is 10.1. The summed E-state index contributed by atoms with van der Waals surface area (Å²) in [5, 5.41) is 2.71. The minimum Gasteiger partial charge on any atom is -0.356 e. The van der Waals surface area contributed by atoms with E-state index in [1.54, 1.807) is 25.9 Å². The fourth-order valence-corrected chi connectivity index (χ4v) is 2.20. The lowest BCUT2D eigenvalue weighted by Crippen LogP contribution is -2.33. The van der Waals surface area contributed by atoms with Crippen LogP contribution < -0.4 is 5.32 Å². The van der Waals surface area contributed by atoms with Gasteiger partial charge in [-0.25, -0.2) is 0 Å². The molecular formula is C31H65N3O5. The van der Waals surface area contributed by atoms with E-state index in [4.69, 9.17) is 0 Å². The Morgan fingerprint density at radius 3 is 1.00 bits per heavy atom. The molecule has 0 aliphatic carbocycles. The average molecular weight is 560 g/mol. The molecule has 0 spiro atoms. The molecule has 8 heteroatoms. The summed E-state index contributed by atoms with van der Waals surface area (Å²) in [6, 6.07) is 0. The molecule has 0 aliphatic heterocycles. The van der Waals surface area contributed by atoms with E-state index in [0.29, 0.717) is 12.2 Å². The van der Waals surface area contributed by atoms with Gasteiger partial charge in [0.05, 0.1) is 0 Å². The van der Waals surface area contributed by atoms with Crippen molar-refractivity contribution in [2.45, 2.75) is 110 Å². The molecule has 234 valence electrons. The van der Waals surface area contributed by atoms with Crippen LogP contribution in [0.25, 0.3) is 0 Å². The summed E-state index contributed by atoms with van der Waals surface area (Å²) in [5.41, 5.74) is 0. The average Bonchev–Trinajstić information content (AvgIpc) is 2.84. The van der Waals surface area contributed by atoms with Crippen molar-refractivity contribution >= 4 is 29.3 Å². The quantitative estimate of drug-likeness (QED) is 0.380. The molecular weight excluding hydrogens is 494 g/mol. The molecule has 0 unspecified atom stereocenters. The van der Waals surface area contributed by atoms with Crippen LogP contribution in [-0.2, 0) is 24.0 Å². The van der Waals surface area contributed by atoms with Crippen molar-refractivity contribution in [2.75, 3.05) is 33.7 Å². The van der Waals surface area contributed by atoms with E-state index in [-0.39, 0.29) is 53.1 Å². The number of hydrogen-bond donors (Lipinski definition) is 1. The van der Waals surface area contributed by atoms with Gasteiger partial charge in [-0.3, -0.25) is 24.0 Å². The number of nitrogens with zero attached hydrogens (tertiary/aromatic N) is 2. The first-order chi connectivity index (χ1) is 17.7. The predicted molar refractivity (Wildman–Crippen MR) is 165 cm³/mol. The molecule has 0 atom stereocenters. The van der Waals surface area contributed by atoms with Gasteiger partial charge < -0.3 is 15.1 Å². The number of rotatable bonds is 9. The highest BCUT2D eigenvalue weighted by molar-refractivity contribution is 5.80. The summed E-state index contributed by atoms with van der Waals surface area (Å²) in [4.78, 5) is 56.7. The van der Waals surface area contributed by atoms with E-state index in [1.165, 1.54) is 0 Å².